The number of nitrogens with one attached hydrogen (secondary N) is 2. The molecule has 0 radical (unpaired) electrons. The van der Waals surface area contributed by atoms with E-state index >= 15 is 0 Å². The first-order valence-electron chi connectivity index (χ1n) is 4.46. The number of anilines is 2. The van der Waals surface area contributed by atoms with Crippen LogP contribution in [0.15, 0.2) is 41.6 Å². The van der Waals surface area contributed by atoms with Crippen molar-refractivity contribution in [3.63, 3.8) is 0 Å². The van der Waals surface area contributed by atoms with Gasteiger partial charge in [-0.3, -0.25) is 0 Å². The molecular weight excluding hydrogens is 228 g/mol. The number of rotatable bonds is 3. The summed E-state index contributed by atoms with van der Waals surface area (Å²) in [6.07, 6.45) is 2.97. The topological polar surface area (TPSA) is 101 Å². The molecular formula is C9H10N4O2S. The predicted octanol–water partition coefficient (Wildman–Crippen LogP) is 0.793. The van der Waals surface area contributed by atoms with E-state index in [9.17, 15) is 8.42 Å². The summed E-state index contributed by atoms with van der Waals surface area (Å²) < 4.78 is 26.0. The van der Waals surface area contributed by atoms with E-state index in [2.05, 4.69) is 14.7 Å². The molecule has 0 aliphatic carbocycles. The second-order valence-electron chi connectivity index (χ2n) is 3.08. The second-order valence-corrected chi connectivity index (χ2v) is 4.73. The summed E-state index contributed by atoms with van der Waals surface area (Å²) in [6.45, 7) is 0. The normalized spacial score (nSPS) is 11.2. The molecule has 0 saturated carbocycles. The minimum Gasteiger partial charge on any atom is -0.398 e. The summed E-state index contributed by atoms with van der Waals surface area (Å²) in [6, 6.07) is 6.23. The smallest absolute Gasteiger partial charge is 0.266 e. The van der Waals surface area contributed by atoms with Crippen molar-refractivity contribution in [2.24, 2.45) is 0 Å². The number of hydrogen-bond acceptors (Lipinski definition) is 4. The number of nitrogens with zero attached hydrogens (tertiary/aromatic N) is 1. The largest absolute Gasteiger partial charge is 0.398 e. The van der Waals surface area contributed by atoms with Gasteiger partial charge in [0, 0.05) is 12.4 Å². The number of nitrogens with two attached hydrogens (primary N) is 1. The van der Waals surface area contributed by atoms with Crippen LogP contribution in [-0.2, 0) is 10.0 Å². The molecule has 0 bridgehead atoms. The van der Waals surface area contributed by atoms with Gasteiger partial charge in [0.1, 0.15) is 4.90 Å². The van der Waals surface area contributed by atoms with Crippen molar-refractivity contribution in [3.8, 4) is 0 Å². The number of sulfonamides is 1. The third-order valence-corrected chi connectivity index (χ3v) is 3.35. The summed E-state index contributed by atoms with van der Waals surface area (Å²) in [5.41, 5.74) is 5.78. The fourth-order valence-electron chi connectivity index (χ4n) is 1.23. The summed E-state index contributed by atoms with van der Waals surface area (Å²) in [5, 5.41) is 0. The molecule has 16 heavy (non-hydrogen) atoms. The van der Waals surface area contributed by atoms with Crippen molar-refractivity contribution < 1.29 is 8.42 Å². The van der Waals surface area contributed by atoms with Gasteiger partial charge in [-0.15, -0.1) is 0 Å². The van der Waals surface area contributed by atoms with Crippen molar-refractivity contribution in [1.82, 2.24) is 9.97 Å². The lowest BCUT2D eigenvalue weighted by atomic mass is 10.3. The highest BCUT2D eigenvalue weighted by Crippen LogP contribution is 2.19. The lowest BCUT2D eigenvalue weighted by Gasteiger charge is -2.07. The van der Waals surface area contributed by atoms with Crippen LogP contribution in [0.2, 0.25) is 0 Å². The first-order valence-corrected chi connectivity index (χ1v) is 5.94. The van der Waals surface area contributed by atoms with Crippen molar-refractivity contribution >= 4 is 21.7 Å². The fraction of sp³-hybridized carbons (Fsp3) is 0. The number of benzene rings is 1. The molecule has 2 rings (SSSR count). The van der Waals surface area contributed by atoms with Crippen molar-refractivity contribution in [1.29, 1.82) is 0 Å². The van der Waals surface area contributed by atoms with Gasteiger partial charge in [0.05, 0.1) is 5.69 Å². The van der Waals surface area contributed by atoms with Crippen LogP contribution in [0.3, 0.4) is 0 Å². The van der Waals surface area contributed by atoms with Gasteiger partial charge in [-0.2, -0.15) is 0 Å². The maximum Gasteiger partial charge on any atom is 0.266 e. The van der Waals surface area contributed by atoms with Crippen LogP contribution >= 0.6 is 0 Å². The molecule has 1 aromatic heterocycles. The quantitative estimate of drug-likeness (QED) is 0.688. The number of H-pyrrole nitrogens is 1. The highest BCUT2D eigenvalue weighted by atomic mass is 32.2. The van der Waals surface area contributed by atoms with E-state index in [0.29, 0.717) is 0 Å². The van der Waals surface area contributed by atoms with Crippen LogP contribution in [-0.4, -0.2) is 18.4 Å². The molecule has 1 heterocycles. The van der Waals surface area contributed by atoms with Crippen molar-refractivity contribution in [2.45, 2.75) is 4.90 Å². The van der Waals surface area contributed by atoms with E-state index in [1.165, 1.54) is 24.5 Å². The molecule has 0 atom stereocenters. The van der Waals surface area contributed by atoms with Gasteiger partial charge in [-0.05, 0) is 12.1 Å². The number of nitrogen functional groups attached to an aromatic ring is 1. The van der Waals surface area contributed by atoms with E-state index in [1.807, 2.05) is 0 Å². The summed E-state index contributed by atoms with van der Waals surface area (Å²) in [4.78, 5) is 6.44. The van der Waals surface area contributed by atoms with Gasteiger partial charge in [-0.1, -0.05) is 12.1 Å². The Morgan fingerprint density at radius 3 is 2.69 bits per heavy atom. The zero-order valence-electron chi connectivity index (χ0n) is 8.21. The van der Waals surface area contributed by atoms with Crippen LogP contribution in [0.25, 0.3) is 0 Å². The molecule has 0 fully saturated rings. The molecule has 84 valence electrons. The van der Waals surface area contributed by atoms with Crippen LogP contribution < -0.4 is 10.5 Å². The minimum atomic E-state index is -3.68. The Kier molecular flexibility index (Phi) is 2.53. The molecule has 0 saturated heterocycles. The Bertz CT molecular complexity index is 577. The van der Waals surface area contributed by atoms with Crippen molar-refractivity contribution in [2.75, 3.05) is 10.5 Å². The highest BCUT2D eigenvalue weighted by molar-refractivity contribution is 7.92. The molecule has 0 amide bonds. The molecule has 0 spiro atoms. The van der Waals surface area contributed by atoms with Gasteiger partial charge in [0.15, 0.2) is 0 Å². The molecule has 7 heteroatoms. The number of aromatic amines is 1. The van der Waals surface area contributed by atoms with Crippen LogP contribution in [0, 0.1) is 0 Å². The third-order valence-electron chi connectivity index (χ3n) is 1.94. The third kappa shape index (κ3) is 1.98. The monoisotopic (exact) mass is 238 g/mol. The Hall–Kier alpha value is -2.02. The van der Waals surface area contributed by atoms with E-state index in [0.717, 1.165) is 0 Å². The molecule has 1 aromatic carbocycles. The lowest BCUT2D eigenvalue weighted by molar-refractivity contribution is 0.601. The number of para-hydroxylation sites is 1. The molecule has 4 N–H and O–H groups in total. The van der Waals surface area contributed by atoms with E-state index in [1.54, 1.807) is 12.1 Å². The molecule has 0 aliphatic heterocycles. The predicted molar refractivity (Wildman–Crippen MR) is 60.3 cm³/mol. The van der Waals surface area contributed by atoms with Gasteiger partial charge in [0.25, 0.3) is 10.0 Å². The van der Waals surface area contributed by atoms with Gasteiger partial charge in [0.2, 0.25) is 5.95 Å². The minimum absolute atomic E-state index is 0.0337. The highest BCUT2D eigenvalue weighted by Gasteiger charge is 2.17. The average Bonchev–Trinajstić information content (AvgIpc) is 2.70. The summed E-state index contributed by atoms with van der Waals surface area (Å²) in [5.74, 6) is 0.156. The van der Waals surface area contributed by atoms with E-state index in [-0.39, 0.29) is 16.5 Å². The van der Waals surface area contributed by atoms with Gasteiger partial charge in [-0.25, -0.2) is 18.1 Å². The van der Waals surface area contributed by atoms with E-state index in [4.69, 9.17) is 5.73 Å². The average molecular weight is 238 g/mol. The van der Waals surface area contributed by atoms with Crippen LogP contribution in [0.4, 0.5) is 11.6 Å². The lowest BCUT2D eigenvalue weighted by Crippen LogP contribution is -2.15. The van der Waals surface area contributed by atoms with Gasteiger partial charge < -0.3 is 10.7 Å². The molecule has 0 unspecified atom stereocenters. The molecule has 0 aliphatic rings. The standard InChI is InChI=1S/C9H10N4O2S/c10-7-3-1-2-4-8(7)16(14,15)13-9-11-5-6-12-9/h1-6H,10H2,(H2,11,12,13). The maximum atomic E-state index is 11.9. The van der Waals surface area contributed by atoms with Crippen LogP contribution in [0.5, 0.6) is 0 Å². The Balaban J connectivity index is 2.37. The zero-order chi connectivity index (χ0) is 11.6. The van der Waals surface area contributed by atoms with Crippen LogP contribution in [0.1, 0.15) is 0 Å². The summed E-state index contributed by atoms with van der Waals surface area (Å²) in [7, 11) is -3.68. The number of imidazole rings is 1. The first-order chi connectivity index (χ1) is 7.59. The zero-order valence-corrected chi connectivity index (χ0v) is 9.03. The fourth-order valence-corrected chi connectivity index (χ4v) is 2.34. The van der Waals surface area contributed by atoms with E-state index < -0.39 is 10.0 Å². The Morgan fingerprint density at radius 1 is 1.31 bits per heavy atom. The molecule has 2 aromatic rings. The maximum absolute atomic E-state index is 11.9. The molecule has 6 nitrogen and oxygen atoms in total. The summed E-state index contributed by atoms with van der Waals surface area (Å²) >= 11 is 0. The van der Waals surface area contributed by atoms with Gasteiger partial charge >= 0.3 is 0 Å². The Labute approximate surface area is 92.6 Å². The second kappa shape index (κ2) is 3.86. The number of hydrogen-bond donors (Lipinski definition) is 3. The Morgan fingerprint density at radius 2 is 2.06 bits per heavy atom. The SMILES string of the molecule is Nc1ccccc1S(=O)(=O)Nc1ncc[nH]1. The first kappa shape index (κ1) is 10.5. The van der Waals surface area contributed by atoms with Crippen molar-refractivity contribution in [3.05, 3.63) is 36.7 Å². The number of aromatic nitrogens is 2.